The first-order chi connectivity index (χ1) is 9.15. The first kappa shape index (κ1) is 16.4. The molecule has 1 N–H and O–H groups in total. The van der Waals surface area contributed by atoms with Gasteiger partial charge >= 0.3 is 16.3 Å². The average molecular weight is 305 g/mol. The van der Waals surface area contributed by atoms with Crippen molar-refractivity contribution in [3.63, 3.8) is 0 Å². The topological polar surface area (TPSA) is 83.9 Å². The number of benzene rings is 1. The second kappa shape index (κ2) is 6.19. The largest absolute Gasteiger partial charge is 0.480 e. The highest BCUT2D eigenvalue weighted by atomic mass is 32.2. The minimum Gasteiger partial charge on any atom is -0.480 e. The molecule has 0 aliphatic heterocycles. The van der Waals surface area contributed by atoms with Crippen LogP contribution in [0.15, 0.2) is 24.3 Å². The summed E-state index contributed by atoms with van der Waals surface area (Å²) in [6, 6.07) is 2.51. The van der Waals surface area contributed by atoms with Gasteiger partial charge in [-0.2, -0.15) is 12.7 Å². The molecule has 20 heavy (non-hydrogen) atoms. The Morgan fingerprint density at radius 2 is 1.75 bits per heavy atom. The van der Waals surface area contributed by atoms with E-state index in [1.165, 1.54) is 20.8 Å². The van der Waals surface area contributed by atoms with Gasteiger partial charge < -0.3 is 9.29 Å². The minimum absolute atomic E-state index is 0.0883. The number of carboxylic acids is 1. The van der Waals surface area contributed by atoms with Crippen LogP contribution >= 0.6 is 0 Å². The van der Waals surface area contributed by atoms with Crippen LogP contribution in [0.1, 0.15) is 20.8 Å². The predicted octanol–water partition coefficient (Wildman–Crippen LogP) is 1.63. The maximum absolute atomic E-state index is 12.7. The molecule has 0 radical (unpaired) electrons. The maximum atomic E-state index is 12.7. The molecule has 0 saturated heterocycles. The number of carbonyl (C=O) groups is 1. The van der Waals surface area contributed by atoms with Crippen molar-refractivity contribution in [1.29, 1.82) is 0 Å². The number of rotatable bonds is 6. The molecule has 0 aliphatic rings. The van der Waals surface area contributed by atoms with E-state index in [-0.39, 0.29) is 5.75 Å². The molecule has 0 saturated carbocycles. The number of nitrogens with zero attached hydrogens (tertiary/aromatic N) is 1. The Morgan fingerprint density at radius 3 is 2.15 bits per heavy atom. The summed E-state index contributed by atoms with van der Waals surface area (Å²) in [6.07, 6.45) is 0. The van der Waals surface area contributed by atoms with Crippen molar-refractivity contribution < 1.29 is 26.9 Å². The lowest BCUT2D eigenvalue weighted by molar-refractivity contribution is -0.141. The normalized spacial score (nSPS) is 13.5. The lowest BCUT2D eigenvalue weighted by atomic mass is 10.3. The van der Waals surface area contributed by atoms with Crippen molar-refractivity contribution in [2.75, 3.05) is 0 Å². The second-order valence-corrected chi connectivity index (χ2v) is 5.88. The van der Waals surface area contributed by atoms with E-state index in [0.29, 0.717) is 0 Å². The SMILES string of the molecule is CC(C)N(C(C)C(=O)O)S(=O)(=O)Oc1ccc(F)cc1. The zero-order chi connectivity index (χ0) is 15.5. The van der Waals surface area contributed by atoms with E-state index in [2.05, 4.69) is 0 Å². The van der Waals surface area contributed by atoms with Crippen LogP contribution in [0.5, 0.6) is 5.75 Å². The van der Waals surface area contributed by atoms with Gasteiger partial charge in [0.25, 0.3) is 0 Å². The number of aliphatic carboxylic acids is 1. The van der Waals surface area contributed by atoms with Gasteiger partial charge in [0, 0.05) is 6.04 Å². The fourth-order valence-electron chi connectivity index (χ4n) is 1.66. The third-order valence-corrected chi connectivity index (χ3v) is 4.18. The highest BCUT2D eigenvalue weighted by molar-refractivity contribution is 7.84. The quantitative estimate of drug-likeness (QED) is 0.863. The van der Waals surface area contributed by atoms with Crippen molar-refractivity contribution in [2.45, 2.75) is 32.9 Å². The molecule has 1 atom stereocenters. The van der Waals surface area contributed by atoms with E-state index >= 15 is 0 Å². The average Bonchev–Trinajstić information content (AvgIpc) is 2.30. The Morgan fingerprint density at radius 1 is 1.25 bits per heavy atom. The van der Waals surface area contributed by atoms with Crippen LogP contribution in [0.4, 0.5) is 4.39 Å². The van der Waals surface area contributed by atoms with E-state index in [1.807, 2.05) is 0 Å². The maximum Gasteiger partial charge on any atom is 0.386 e. The van der Waals surface area contributed by atoms with Gasteiger partial charge in [-0.05, 0) is 45.0 Å². The van der Waals surface area contributed by atoms with E-state index in [1.54, 1.807) is 0 Å². The lowest BCUT2D eigenvalue weighted by Gasteiger charge is -2.28. The van der Waals surface area contributed by atoms with Crippen molar-refractivity contribution in [3.05, 3.63) is 30.1 Å². The zero-order valence-electron chi connectivity index (χ0n) is 11.3. The molecule has 0 spiro atoms. The summed E-state index contributed by atoms with van der Waals surface area (Å²) in [6.45, 7) is 4.31. The molecule has 0 bridgehead atoms. The molecule has 0 fully saturated rings. The molecule has 0 aromatic heterocycles. The molecular formula is C12H16FNO5S. The first-order valence-electron chi connectivity index (χ1n) is 5.86. The number of hydrogen-bond acceptors (Lipinski definition) is 4. The Labute approximate surface area is 117 Å². The Bertz CT molecular complexity index is 570. The van der Waals surface area contributed by atoms with Crippen molar-refractivity contribution in [3.8, 4) is 5.75 Å². The van der Waals surface area contributed by atoms with Crippen LogP contribution in [0.2, 0.25) is 0 Å². The summed E-state index contributed by atoms with van der Waals surface area (Å²) in [7, 11) is -4.30. The Balaban J connectivity index is 3.05. The van der Waals surface area contributed by atoms with Gasteiger partial charge in [-0.15, -0.1) is 0 Å². The predicted molar refractivity (Wildman–Crippen MR) is 70.0 cm³/mol. The van der Waals surface area contributed by atoms with Crippen LogP contribution in [0.3, 0.4) is 0 Å². The van der Waals surface area contributed by atoms with Gasteiger partial charge in [0.05, 0.1) is 0 Å². The van der Waals surface area contributed by atoms with Crippen LogP contribution in [-0.4, -0.2) is 35.9 Å². The van der Waals surface area contributed by atoms with Crippen LogP contribution in [0, 0.1) is 5.82 Å². The molecule has 0 aliphatic carbocycles. The van der Waals surface area contributed by atoms with E-state index < -0.39 is 34.2 Å². The van der Waals surface area contributed by atoms with E-state index in [9.17, 15) is 17.6 Å². The van der Waals surface area contributed by atoms with Crippen LogP contribution in [0.25, 0.3) is 0 Å². The molecule has 1 rings (SSSR count). The zero-order valence-corrected chi connectivity index (χ0v) is 12.1. The van der Waals surface area contributed by atoms with E-state index in [0.717, 1.165) is 28.6 Å². The Hall–Kier alpha value is -1.67. The van der Waals surface area contributed by atoms with Gasteiger partial charge in [0.15, 0.2) is 0 Å². The summed E-state index contributed by atoms with van der Waals surface area (Å²) < 4.78 is 42.5. The van der Waals surface area contributed by atoms with Gasteiger partial charge in [-0.25, -0.2) is 4.39 Å². The highest BCUT2D eigenvalue weighted by Crippen LogP contribution is 2.19. The van der Waals surface area contributed by atoms with Gasteiger partial charge in [-0.1, -0.05) is 0 Å². The van der Waals surface area contributed by atoms with Gasteiger partial charge in [0.1, 0.15) is 17.6 Å². The van der Waals surface area contributed by atoms with Crippen molar-refractivity contribution >= 4 is 16.3 Å². The fourth-order valence-corrected chi connectivity index (χ4v) is 3.10. The first-order valence-corrected chi connectivity index (χ1v) is 7.23. The summed E-state index contributed by atoms with van der Waals surface area (Å²) in [5, 5.41) is 8.96. The minimum atomic E-state index is -4.30. The third kappa shape index (κ3) is 3.91. The summed E-state index contributed by atoms with van der Waals surface area (Å²) in [5.74, 6) is -1.91. The summed E-state index contributed by atoms with van der Waals surface area (Å²) in [4.78, 5) is 11.0. The van der Waals surface area contributed by atoms with E-state index in [4.69, 9.17) is 9.29 Å². The standard InChI is InChI=1S/C12H16FNO5S/c1-8(2)14(9(3)12(15)16)20(17,18)19-11-6-4-10(13)5-7-11/h4-9H,1-3H3,(H,15,16). The summed E-state index contributed by atoms with van der Waals surface area (Å²) >= 11 is 0. The smallest absolute Gasteiger partial charge is 0.386 e. The molecule has 8 heteroatoms. The van der Waals surface area contributed by atoms with Crippen LogP contribution in [-0.2, 0) is 15.1 Å². The highest BCUT2D eigenvalue weighted by Gasteiger charge is 2.35. The van der Waals surface area contributed by atoms with Gasteiger partial charge in [0.2, 0.25) is 0 Å². The molecule has 0 amide bonds. The lowest BCUT2D eigenvalue weighted by Crippen LogP contribution is -2.48. The number of hydrogen-bond donors (Lipinski definition) is 1. The fraction of sp³-hybridized carbons (Fsp3) is 0.417. The van der Waals surface area contributed by atoms with Crippen molar-refractivity contribution in [1.82, 2.24) is 4.31 Å². The molecule has 0 heterocycles. The number of carboxylic acid groups (broad SMARTS) is 1. The Kier molecular flexibility index (Phi) is 5.07. The molecule has 1 unspecified atom stereocenters. The number of halogens is 1. The third-order valence-electron chi connectivity index (χ3n) is 2.52. The molecule has 6 nitrogen and oxygen atoms in total. The van der Waals surface area contributed by atoms with Crippen molar-refractivity contribution in [2.24, 2.45) is 0 Å². The monoisotopic (exact) mass is 305 g/mol. The molecule has 112 valence electrons. The molecular weight excluding hydrogens is 289 g/mol. The molecule has 1 aromatic rings. The molecule has 1 aromatic carbocycles. The second-order valence-electron chi connectivity index (χ2n) is 4.43. The summed E-state index contributed by atoms with van der Waals surface area (Å²) in [5.41, 5.74) is 0. The van der Waals surface area contributed by atoms with Crippen LogP contribution < -0.4 is 4.18 Å². The van der Waals surface area contributed by atoms with Gasteiger partial charge in [-0.3, -0.25) is 4.79 Å².